The number of nitrogens with one attached hydrogen (secondary N) is 4. The fraction of sp³-hybridized carbons (Fsp3) is 0.0870. The van der Waals surface area contributed by atoms with Crippen LogP contribution in [0.1, 0.15) is 0 Å². The molecule has 0 aliphatic rings. The summed E-state index contributed by atoms with van der Waals surface area (Å²) in [6, 6.07) is 50.3. The van der Waals surface area contributed by atoms with Crippen LogP contribution >= 0.6 is 0 Å². The minimum atomic E-state index is 0.596. The van der Waals surface area contributed by atoms with Crippen molar-refractivity contribution >= 4 is 45.5 Å². The second-order valence-corrected chi connectivity index (χ2v) is 12.5. The van der Waals surface area contributed by atoms with E-state index in [-0.39, 0.29) is 0 Å². The summed E-state index contributed by atoms with van der Waals surface area (Å²) in [5.74, 6) is 5.54. The molecular formula is C46H42N4O6. The lowest BCUT2D eigenvalue weighted by Crippen LogP contribution is -1.98. The quantitative estimate of drug-likeness (QED) is 0.0764. The zero-order chi connectivity index (χ0) is 38.7. The van der Waals surface area contributed by atoms with Crippen LogP contribution in [0.5, 0.6) is 46.0 Å². The Balaban J connectivity index is 1.14. The Kier molecular flexibility index (Phi) is 11.6. The maximum atomic E-state index is 6.53. The predicted molar refractivity (Wildman–Crippen MR) is 225 cm³/mol. The Morgan fingerprint density at radius 2 is 0.589 bits per heavy atom. The number of ether oxygens (including phenoxy) is 6. The molecule has 0 fully saturated rings. The number of anilines is 8. The standard InChI is InChI=1S/C46H42N4O6/c1-51-37-18-8-31(9-19-37)47-35-16-26-45(43(28-35)49-33-12-22-39(53-3)23-13-33)55-41-6-5-7-42(30-41)56-46-27-17-36(48-32-10-20-38(52-2)21-11-32)29-44(46)50-34-14-24-40(54-4)25-15-34/h5-30,47-50H,1-4H3. The van der Waals surface area contributed by atoms with E-state index in [0.717, 1.165) is 68.5 Å². The molecule has 7 aromatic carbocycles. The molecule has 10 nitrogen and oxygen atoms in total. The van der Waals surface area contributed by atoms with E-state index in [1.165, 1.54) is 0 Å². The molecule has 0 atom stereocenters. The van der Waals surface area contributed by atoms with E-state index in [2.05, 4.69) is 21.3 Å². The highest BCUT2D eigenvalue weighted by atomic mass is 16.5. The van der Waals surface area contributed by atoms with Crippen LogP contribution in [0.3, 0.4) is 0 Å². The van der Waals surface area contributed by atoms with Gasteiger partial charge in [-0.3, -0.25) is 0 Å². The maximum absolute atomic E-state index is 6.53. The third-order valence-corrected chi connectivity index (χ3v) is 8.72. The molecule has 0 saturated heterocycles. The summed E-state index contributed by atoms with van der Waals surface area (Å²) in [7, 11) is 6.60. The second kappa shape index (κ2) is 17.6. The van der Waals surface area contributed by atoms with E-state index in [4.69, 9.17) is 28.4 Å². The van der Waals surface area contributed by atoms with Crippen LogP contribution in [-0.4, -0.2) is 28.4 Å². The molecule has 0 amide bonds. The average Bonchev–Trinajstić information content (AvgIpc) is 3.24. The van der Waals surface area contributed by atoms with Crippen LogP contribution in [0.4, 0.5) is 45.5 Å². The summed E-state index contributed by atoms with van der Waals surface area (Å²) in [6.45, 7) is 0. The van der Waals surface area contributed by atoms with Gasteiger partial charge in [0.15, 0.2) is 11.5 Å². The van der Waals surface area contributed by atoms with Crippen LogP contribution in [0, 0.1) is 0 Å². The van der Waals surface area contributed by atoms with E-state index in [0.29, 0.717) is 23.0 Å². The molecule has 0 bridgehead atoms. The third kappa shape index (κ3) is 9.55. The number of methoxy groups -OCH3 is 4. The van der Waals surface area contributed by atoms with E-state index in [1.807, 2.05) is 158 Å². The lowest BCUT2D eigenvalue weighted by atomic mass is 10.2. The van der Waals surface area contributed by atoms with Crippen molar-refractivity contribution in [1.29, 1.82) is 0 Å². The fourth-order valence-electron chi connectivity index (χ4n) is 5.79. The minimum Gasteiger partial charge on any atom is -0.497 e. The van der Waals surface area contributed by atoms with E-state index in [1.54, 1.807) is 28.4 Å². The topological polar surface area (TPSA) is 104 Å². The van der Waals surface area contributed by atoms with Gasteiger partial charge in [-0.2, -0.15) is 0 Å². The molecule has 0 saturated carbocycles. The summed E-state index contributed by atoms with van der Waals surface area (Å²) in [5.41, 5.74) is 6.84. The molecule has 4 N–H and O–H groups in total. The largest absolute Gasteiger partial charge is 0.497 e. The first kappa shape index (κ1) is 36.9. The van der Waals surface area contributed by atoms with Crippen LogP contribution in [-0.2, 0) is 0 Å². The first-order valence-corrected chi connectivity index (χ1v) is 17.8. The van der Waals surface area contributed by atoms with Crippen molar-refractivity contribution in [2.45, 2.75) is 0 Å². The van der Waals surface area contributed by atoms with Crippen LogP contribution < -0.4 is 49.7 Å². The molecule has 7 rings (SSSR count). The van der Waals surface area contributed by atoms with Gasteiger partial charge in [-0.15, -0.1) is 0 Å². The van der Waals surface area contributed by atoms with Gasteiger partial charge in [-0.1, -0.05) is 6.07 Å². The summed E-state index contributed by atoms with van der Waals surface area (Å²) in [5, 5.41) is 13.9. The zero-order valence-electron chi connectivity index (χ0n) is 31.5. The lowest BCUT2D eigenvalue weighted by molar-refractivity contribution is 0.415. The lowest BCUT2D eigenvalue weighted by Gasteiger charge is -2.18. The third-order valence-electron chi connectivity index (χ3n) is 8.72. The van der Waals surface area contributed by atoms with Crippen LogP contribution in [0.25, 0.3) is 0 Å². The van der Waals surface area contributed by atoms with Gasteiger partial charge in [0.25, 0.3) is 0 Å². The number of rotatable bonds is 16. The molecule has 0 unspecified atom stereocenters. The Morgan fingerprint density at radius 3 is 0.911 bits per heavy atom. The molecule has 0 spiro atoms. The molecule has 0 aliphatic heterocycles. The normalized spacial score (nSPS) is 10.5. The van der Waals surface area contributed by atoms with Gasteiger partial charge in [-0.25, -0.2) is 0 Å². The second-order valence-electron chi connectivity index (χ2n) is 12.5. The molecule has 0 aliphatic carbocycles. The van der Waals surface area contributed by atoms with Gasteiger partial charge in [0, 0.05) is 40.2 Å². The minimum absolute atomic E-state index is 0.596. The van der Waals surface area contributed by atoms with Gasteiger partial charge in [0.1, 0.15) is 34.5 Å². The maximum Gasteiger partial charge on any atom is 0.151 e. The van der Waals surface area contributed by atoms with Crippen molar-refractivity contribution in [2.75, 3.05) is 49.7 Å². The Bertz CT molecular complexity index is 2190. The first-order valence-electron chi connectivity index (χ1n) is 17.8. The number of hydrogen-bond acceptors (Lipinski definition) is 10. The average molecular weight is 747 g/mol. The molecule has 282 valence electrons. The van der Waals surface area contributed by atoms with Crippen molar-refractivity contribution in [2.24, 2.45) is 0 Å². The monoisotopic (exact) mass is 746 g/mol. The highest BCUT2D eigenvalue weighted by Crippen LogP contribution is 2.39. The van der Waals surface area contributed by atoms with E-state index >= 15 is 0 Å². The van der Waals surface area contributed by atoms with Gasteiger partial charge in [0.2, 0.25) is 0 Å². The molecule has 0 radical (unpaired) electrons. The summed E-state index contributed by atoms with van der Waals surface area (Å²) >= 11 is 0. The van der Waals surface area contributed by atoms with Crippen molar-refractivity contribution in [1.82, 2.24) is 0 Å². The Labute approximate surface area is 326 Å². The highest BCUT2D eigenvalue weighted by Gasteiger charge is 2.13. The molecule has 10 heteroatoms. The summed E-state index contributed by atoms with van der Waals surface area (Å²) in [4.78, 5) is 0. The zero-order valence-corrected chi connectivity index (χ0v) is 31.5. The molecule has 0 aromatic heterocycles. The molecule has 0 heterocycles. The van der Waals surface area contributed by atoms with E-state index in [9.17, 15) is 0 Å². The fourth-order valence-corrected chi connectivity index (χ4v) is 5.79. The molecular weight excluding hydrogens is 705 g/mol. The van der Waals surface area contributed by atoms with Crippen LogP contribution in [0.15, 0.2) is 158 Å². The van der Waals surface area contributed by atoms with Gasteiger partial charge in [0.05, 0.1) is 39.8 Å². The first-order chi connectivity index (χ1) is 27.5. The van der Waals surface area contributed by atoms with Crippen LogP contribution in [0.2, 0.25) is 0 Å². The van der Waals surface area contributed by atoms with Crippen molar-refractivity contribution in [3.05, 3.63) is 158 Å². The number of hydrogen-bond donors (Lipinski definition) is 4. The van der Waals surface area contributed by atoms with Gasteiger partial charge in [-0.05, 0) is 146 Å². The van der Waals surface area contributed by atoms with Gasteiger partial charge >= 0.3 is 0 Å². The Morgan fingerprint density at radius 1 is 0.286 bits per heavy atom. The van der Waals surface area contributed by atoms with E-state index < -0.39 is 0 Å². The highest BCUT2D eigenvalue weighted by molar-refractivity contribution is 5.76. The SMILES string of the molecule is COc1ccc(Nc2ccc(Oc3cccc(Oc4ccc(Nc5ccc(OC)cc5)cc4Nc4ccc(OC)cc4)c3)c(Nc3ccc(OC)cc3)c2)cc1. The van der Waals surface area contributed by atoms with Gasteiger partial charge < -0.3 is 49.7 Å². The Hall–Kier alpha value is -7.46. The number of benzene rings is 7. The summed E-state index contributed by atoms with van der Waals surface area (Å²) in [6.07, 6.45) is 0. The smallest absolute Gasteiger partial charge is 0.151 e. The van der Waals surface area contributed by atoms with Crippen molar-refractivity contribution in [3.63, 3.8) is 0 Å². The molecule has 56 heavy (non-hydrogen) atoms. The van der Waals surface area contributed by atoms with Crippen molar-refractivity contribution < 1.29 is 28.4 Å². The molecule has 7 aromatic rings. The summed E-state index contributed by atoms with van der Waals surface area (Å²) < 4.78 is 34.4. The van der Waals surface area contributed by atoms with Crippen molar-refractivity contribution in [3.8, 4) is 46.0 Å². The predicted octanol–water partition coefficient (Wildman–Crippen LogP) is 12.3.